The molecule has 29 heavy (non-hydrogen) atoms. The molecule has 1 aliphatic heterocycles. The molecule has 1 amide bonds. The van der Waals surface area contributed by atoms with E-state index >= 15 is 0 Å². The third-order valence-electron chi connectivity index (χ3n) is 5.28. The summed E-state index contributed by atoms with van der Waals surface area (Å²) in [5.74, 6) is 0.194. The Kier molecular flexibility index (Phi) is 5.23. The largest absolute Gasteiger partial charge is 0.495 e. The summed E-state index contributed by atoms with van der Waals surface area (Å²) in [6.45, 7) is 2.19. The van der Waals surface area contributed by atoms with Gasteiger partial charge in [-0.3, -0.25) is 4.79 Å². The molecule has 0 bridgehead atoms. The highest BCUT2D eigenvalue weighted by Gasteiger charge is 2.38. The van der Waals surface area contributed by atoms with Gasteiger partial charge in [0.25, 0.3) is 0 Å². The lowest BCUT2D eigenvalue weighted by molar-refractivity contribution is -0.119. The number of hydrogen-bond acceptors (Lipinski definition) is 5. The Balaban J connectivity index is 1.66. The van der Waals surface area contributed by atoms with E-state index in [0.717, 1.165) is 16.4 Å². The number of amides is 1. The molecule has 154 valence electrons. The van der Waals surface area contributed by atoms with Crippen molar-refractivity contribution in [3.8, 4) is 5.75 Å². The third-order valence-corrected chi connectivity index (χ3v) is 7.36. The van der Waals surface area contributed by atoms with E-state index in [2.05, 4.69) is 5.32 Å². The fourth-order valence-electron chi connectivity index (χ4n) is 3.94. The average molecular weight is 416 g/mol. The number of anilines is 1. The van der Waals surface area contributed by atoms with Gasteiger partial charge in [-0.1, -0.05) is 25.1 Å². The summed E-state index contributed by atoms with van der Waals surface area (Å²) < 4.78 is 37.7. The van der Waals surface area contributed by atoms with Crippen LogP contribution in [0.5, 0.6) is 5.75 Å². The Labute approximate surface area is 169 Å². The van der Waals surface area contributed by atoms with E-state index < -0.39 is 16.1 Å². The highest BCUT2D eigenvalue weighted by atomic mass is 32.2. The first kappa shape index (κ1) is 19.7. The molecule has 8 heteroatoms. The van der Waals surface area contributed by atoms with E-state index in [1.165, 1.54) is 11.4 Å². The molecular weight excluding hydrogens is 392 g/mol. The molecule has 0 spiro atoms. The zero-order valence-corrected chi connectivity index (χ0v) is 17.3. The van der Waals surface area contributed by atoms with Gasteiger partial charge in [0.05, 0.1) is 18.6 Å². The minimum absolute atomic E-state index is 0.0467. The van der Waals surface area contributed by atoms with Crippen LogP contribution in [-0.2, 0) is 14.8 Å². The van der Waals surface area contributed by atoms with Gasteiger partial charge in [-0.25, -0.2) is 8.42 Å². The second-order valence-corrected chi connectivity index (χ2v) is 9.26. The molecule has 1 fully saturated rings. The minimum Gasteiger partial charge on any atom is -0.495 e. The summed E-state index contributed by atoms with van der Waals surface area (Å²) in [5.41, 5.74) is 1.84. The molecule has 1 atom stereocenters. The first-order valence-electron chi connectivity index (χ1n) is 9.74. The zero-order chi connectivity index (χ0) is 20.6. The molecule has 0 aliphatic carbocycles. The fraction of sp³-hybridized carbons (Fsp3) is 0.381. The summed E-state index contributed by atoms with van der Waals surface area (Å²) >= 11 is 0. The molecule has 1 aromatic heterocycles. The molecule has 4 rings (SSSR count). The highest BCUT2D eigenvalue weighted by Crippen LogP contribution is 2.36. The number of fused-ring (bicyclic) bond motifs is 3. The van der Waals surface area contributed by atoms with Crippen molar-refractivity contribution in [1.82, 2.24) is 4.31 Å². The van der Waals surface area contributed by atoms with Crippen molar-refractivity contribution in [3.63, 3.8) is 0 Å². The highest BCUT2D eigenvalue weighted by molar-refractivity contribution is 7.89. The van der Waals surface area contributed by atoms with Crippen LogP contribution in [0.15, 0.2) is 40.8 Å². The summed E-state index contributed by atoms with van der Waals surface area (Å²) in [4.78, 5) is 12.9. The van der Waals surface area contributed by atoms with E-state index in [0.29, 0.717) is 42.8 Å². The van der Waals surface area contributed by atoms with Crippen LogP contribution in [0.1, 0.15) is 26.2 Å². The van der Waals surface area contributed by atoms with Crippen LogP contribution in [0.25, 0.3) is 21.9 Å². The van der Waals surface area contributed by atoms with Crippen molar-refractivity contribution in [3.05, 3.63) is 36.4 Å². The quantitative estimate of drug-likeness (QED) is 0.661. The van der Waals surface area contributed by atoms with Crippen molar-refractivity contribution in [1.29, 1.82) is 0 Å². The van der Waals surface area contributed by atoms with E-state index in [9.17, 15) is 13.2 Å². The van der Waals surface area contributed by atoms with Crippen LogP contribution in [0, 0.1) is 0 Å². The molecular formula is C21H24N2O5S. The lowest BCUT2D eigenvalue weighted by atomic mass is 10.1. The summed E-state index contributed by atoms with van der Waals surface area (Å²) in [5, 5.41) is 4.71. The average Bonchev–Trinajstić information content (AvgIpc) is 3.32. The molecule has 1 N–H and O–H groups in total. The smallest absolute Gasteiger partial charge is 0.242 e. The second-order valence-electron chi connectivity index (χ2n) is 7.22. The van der Waals surface area contributed by atoms with E-state index in [-0.39, 0.29) is 11.7 Å². The maximum absolute atomic E-state index is 12.9. The van der Waals surface area contributed by atoms with E-state index in [1.807, 2.05) is 37.3 Å². The molecule has 7 nitrogen and oxygen atoms in total. The van der Waals surface area contributed by atoms with Gasteiger partial charge >= 0.3 is 0 Å². The van der Waals surface area contributed by atoms with Gasteiger partial charge in [0.15, 0.2) is 0 Å². The number of carbonyl (C=O) groups is 1. The number of carbonyl (C=O) groups excluding carboxylic acids is 1. The Bertz CT molecular complexity index is 1170. The molecule has 2 heterocycles. The van der Waals surface area contributed by atoms with E-state index in [1.54, 1.807) is 6.07 Å². The Morgan fingerprint density at radius 3 is 2.79 bits per heavy atom. The molecule has 0 unspecified atom stereocenters. The first-order valence-corrected chi connectivity index (χ1v) is 11.3. The number of nitrogens with one attached hydrogen (secondary N) is 1. The standard InChI is InChI=1S/C21H24N2O5S/c1-3-11-29(25,26)23-10-6-8-17(23)21(24)22-16-13-19-15(12-20(16)27-2)14-7-4-5-9-18(14)28-19/h4-5,7,9,12-13,17H,3,6,8,10-11H2,1-2H3,(H,22,24)/t17-/m0/s1. The van der Waals surface area contributed by atoms with Crippen LogP contribution in [0.3, 0.4) is 0 Å². The van der Waals surface area contributed by atoms with Crippen LogP contribution in [0.2, 0.25) is 0 Å². The van der Waals surface area contributed by atoms with Crippen LogP contribution in [-0.4, -0.2) is 44.1 Å². The SMILES string of the molecule is CCCS(=O)(=O)N1CCC[C@H]1C(=O)Nc1cc2oc3ccccc3c2cc1OC. The first-order chi connectivity index (χ1) is 13.9. The van der Waals surface area contributed by atoms with Gasteiger partial charge < -0.3 is 14.5 Å². The predicted octanol–water partition coefficient (Wildman–Crippen LogP) is 3.74. The molecule has 2 aromatic carbocycles. The van der Waals surface area contributed by atoms with Gasteiger partial charge in [-0.15, -0.1) is 0 Å². The van der Waals surface area contributed by atoms with Crippen molar-refractivity contribution in [2.75, 3.05) is 24.7 Å². The number of benzene rings is 2. The lowest BCUT2D eigenvalue weighted by Crippen LogP contribution is -2.44. The Morgan fingerprint density at radius 1 is 1.24 bits per heavy atom. The third kappa shape index (κ3) is 3.58. The number of rotatable bonds is 6. The molecule has 1 saturated heterocycles. The van der Waals surface area contributed by atoms with E-state index in [4.69, 9.17) is 9.15 Å². The number of methoxy groups -OCH3 is 1. The predicted molar refractivity (Wildman–Crippen MR) is 113 cm³/mol. The molecule has 0 saturated carbocycles. The number of furan rings is 1. The number of sulfonamides is 1. The normalized spacial score (nSPS) is 17.8. The topological polar surface area (TPSA) is 88.9 Å². The summed E-state index contributed by atoms with van der Waals surface area (Å²) in [7, 11) is -1.91. The minimum atomic E-state index is -3.44. The van der Waals surface area contributed by atoms with Crippen molar-refractivity contribution in [2.45, 2.75) is 32.2 Å². The fourth-order valence-corrected chi connectivity index (χ4v) is 5.69. The van der Waals surface area contributed by atoms with Gasteiger partial charge in [-0.2, -0.15) is 4.31 Å². The molecule has 0 radical (unpaired) electrons. The van der Waals surface area contributed by atoms with Crippen LogP contribution >= 0.6 is 0 Å². The maximum Gasteiger partial charge on any atom is 0.242 e. The maximum atomic E-state index is 12.9. The second kappa shape index (κ2) is 7.68. The van der Waals surface area contributed by atoms with Crippen molar-refractivity contribution < 1.29 is 22.4 Å². The zero-order valence-electron chi connectivity index (χ0n) is 16.5. The number of nitrogens with zero attached hydrogens (tertiary/aromatic N) is 1. The van der Waals surface area contributed by atoms with Crippen molar-refractivity contribution >= 4 is 43.6 Å². The molecule has 1 aliphatic rings. The monoisotopic (exact) mass is 416 g/mol. The summed E-state index contributed by atoms with van der Waals surface area (Å²) in [6.07, 6.45) is 1.69. The van der Waals surface area contributed by atoms with Gasteiger partial charge in [0.1, 0.15) is 23.0 Å². The van der Waals surface area contributed by atoms with Crippen LogP contribution < -0.4 is 10.1 Å². The lowest BCUT2D eigenvalue weighted by Gasteiger charge is -2.23. The van der Waals surface area contributed by atoms with Crippen molar-refractivity contribution in [2.24, 2.45) is 0 Å². The number of para-hydroxylation sites is 1. The Hall–Kier alpha value is -2.58. The Morgan fingerprint density at radius 2 is 2.03 bits per heavy atom. The summed E-state index contributed by atoms with van der Waals surface area (Å²) in [6, 6.07) is 10.5. The molecule has 3 aromatic rings. The van der Waals surface area contributed by atoms with Gasteiger partial charge in [0.2, 0.25) is 15.9 Å². The van der Waals surface area contributed by atoms with Crippen LogP contribution in [0.4, 0.5) is 5.69 Å². The number of ether oxygens (including phenoxy) is 1. The number of hydrogen-bond donors (Lipinski definition) is 1. The van der Waals surface area contributed by atoms with Gasteiger partial charge in [-0.05, 0) is 31.4 Å². The van der Waals surface area contributed by atoms with Gasteiger partial charge in [0, 0.05) is 23.4 Å².